The second kappa shape index (κ2) is 8.48. The fourth-order valence-electron chi connectivity index (χ4n) is 2.10. The van der Waals surface area contributed by atoms with Crippen LogP contribution in [-0.4, -0.2) is 43.7 Å². The summed E-state index contributed by atoms with van der Waals surface area (Å²) >= 11 is 0. The van der Waals surface area contributed by atoms with Crippen molar-refractivity contribution in [3.05, 3.63) is 0 Å². The molecule has 4 nitrogen and oxygen atoms in total. The van der Waals surface area contributed by atoms with Crippen molar-refractivity contribution in [2.24, 2.45) is 11.1 Å². The third kappa shape index (κ3) is 4.25. The molecule has 0 radical (unpaired) electrons. The second-order valence-electron chi connectivity index (χ2n) is 5.08. The lowest BCUT2D eigenvalue weighted by Gasteiger charge is -2.37. The summed E-state index contributed by atoms with van der Waals surface area (Å²) in [6.45, 7) is 9.83. The van der Waals surface area contributed by atoms with Gasteiger partial charge in [-0.2, -0.15) is 0 Å². The smallest absolute Gasteiger partial charge is 0.230 e. The number of carbonyl (C=O) groups is 1. The van der Waals surface area contributed by atoms with Gasteiger partial charge in [0.25, 0.3) is 0 Å². The average Bonchev–Trinajstić information content (AvgIpc) is 2.41. The molecule has 0 aromatic carbocycles. The lowest BCUT2D eigenvalue weighted by atomic mass is 9.85. The van der Waals surface area contributed by atoms with Crippen molar-refractivity contribution in [3.63, 3.8) is 0 Å². The van der Waals surface area contributed by atoms with Gasteiger partial charge in [0.2, 0.25) is 5.91 Å². The number of nitrogens with two attached hydrogens (primary N) is 1. The Kier molecular flexibility index (Phi) is 8.20. The van der Waals surface area contributed by atoms with E-state index in [4.69, 9.17) is 10.5 Å². The van der Waals surface area contributed by atoms with E-state index in [9.17, 15) is 4.79 Å². The highest BCUT2D eigenvalue weighted by Gasteiger charge is 2.35. The minimum absolute atomic E-state index is 0.165. The van der Waals surface area contributed by atoms with Crippen molar-refractivity contribution in [2.75, 3.05) is 26.8 Å². The maximum absolute atomic E-state index is 12.7. The molecule has 18 heavy (non-hydrogen) atoms. The number of nitrogens with zero attached hydrogens (tertiary/aromatic N) is 1. The highest BCUT2D eigenvalue weighted by Crippen LogP contribution is 2.25. The lowest BCUT2D eigenvalue weighted by molar-refractivity contribution is -0.144. The van der Waals surface area contributed by atoms with Gasteiger partial charge in [0, 0.05) is 26.2 Å². The highest BCUT2D eigenvalue weighted by atomic mass is 16.5. The van der Waals surface area contributed by atoms with Crippen molar-refractivity contribution < 1.29 is 9.53 Å². The van der Waals surface area contributed by atoms with Gasteiger partial charge < -0.3 is 15.4 Å². The number of methoxy groups -OCH3 is 1. The molecule has 1 amide bonds. The van der Waals surface area contributed by atoms with E-state index in [1.807, 2.05) is 18.7 Å². The first-order chi connectivity index (χ1) is 8.50. The molecule has 0 aromatic heterocycles. The first-order valence-corrected chi connectivity index (χ1v) is 7.00. The molecule has 0 fully saturated rings. The number of rotatable bonds is 9. The number of amides is 1. The largest absolute Gasteiger partial charge is 0.383 e. The van der Waals surface area contributed by atoms with E-state index >= 15 is 0 Å². The van der Waals surface area contributed by atoms with Crippen molar-refractivity contribution in [1.82, 2.24) is 4.90 Å². The molecule has 108 valence electrons. The van der Waals surface area contributed by atoms with E-state index in [-0.39, 0.29) is 11.9 Å². The zero-order chi connectivity index (χ0) is 14.2. The molecule has 0 bridgehead atoms. The van der Waals surface area contributed by atoms with Crippen molar-refractivity contribution >= 4 is 5.91 Å². The fraction of sp³-hybridized carbons (Fsp3) is 0.929. The van der Waals surface area contributed by atoms with E-state index in [0.29, 0.717) is 19.7 Å². The third-order valence-corrected chi connectivity index (χ3v) is 3.93. The Morgan fingerprint density at radius 2 is 1.89 bits per heavy atom. The van der Waals surface area contributed by atoms with Gasteiger partial charge in [0.1, 0.15) is 0 Å². The summed E-state index contributed by atoms with van der Waals surface area (Å²) in [5, 5.41) is 0. The van der Waals surface area contributed by atoms with Crippen molar-refractivity contribution in [2.45, 2.75) is 53.0 Å². The summed E-state index contributed by atoms with van der Waals surface area (Å²) in [6, 6.07) is 0.282. The average molecular weight is 258 g/mol. The minimum Gasteiger partial charge on any atom is -0.383 e. The van der Waals surface area contributed by atoms with Gasteiger partial charge in [-0.15, -0.1) is 0 Å². The maximum atomic E-state index is 12.7. The predicted octanol–water partition coefficient (Wildman–Crippen LogP) is 2.02. The van der Waals surface area contributed by atoms with Gasteiger partial charge in [-0.25, -0.2) is 0 Å². The van der Waals surface area contributed by atoms with Crippen LogP contribution in [-0.2, 0) is 9.53 Å². The van der Waals surface area contributed by atoms with E-state index in [1.54, 1.807) is 7.11 Å². The van der Waals surface area contributed by atoms with Crippen LogP contribution in [0, 0.1) is 5.41 Å². The Hall–Kier alpha value is -0.610. The van der Waals surface area contributed by atoms with Crippen molar-refractivity contribution in [1.29, 1.82) is 0 Å². The first kappa shape index (κ1) is 17.4. The van der Waals surface area contributed by atoms with Crippen LogP contribution in [0.5, 0.6) is 0 Å². The standard InChI is InChI=1S/C14H30N2O2/c1-6-12(7-2)16(9-10-18-5)13(17)14(4,8-3)11-15/h12H,6-11,15H2,1-5H3. The summed E-state index contributed by atoms with van der Waals surface area (Å²) in [4.78, 5) is 14.6. The monoisotopic (exact) mass is 258 g/mol. The molecule has 4 heteroatoms. The van der Waals surface area contributed by atoms with Crippen LogP contribution in [0.25, 0.3) is 0 Å². The molecule has 0 aliphatic carbocycles. The van der Waals surface area contributed by atoms with Gasteiger partial charge >= 0.3 is 0 Å². The number of hydrogen-bond donors (Lipinski definition) is 1. The van der Waals surface area contributed by atoms with E-state index in [1.165, 1.54) is 0 Å². The zero-order valence-electron chi connectivity index (χ0n) is 12.7. The maximum Gasteiger partial charge on any atom is 0.230 e. The van der Waals surface area contributed by atoms with Crippen LogP contribution in [0.3, 0.4) is 0 Å². The number of hydrogen-bond acceptors (Lipinski definition) is 3. The molecule has 0 aliphatic rings. The lowest BCUT2D eigenvalue weighted by Crippen LogP contribution is -2.51. The summed E-state index contributed by atoms with van der Waals surface area (Å²) in [6.07, 6.45) is 2.71. The molecule has 0 aliphatic heterocycles. The van der Waals surface area contributed by atoms with Crippen LogP contribution in [0.2, 0.25) is 0 Å². The van der Waals surface area contributed by atoms with Crippen LogP contribution < -0.4 is 5.73 Å². The highest BCUT2D eigenvalue weighted by molar-refractivity contribution is 5.82. The van der Waals surface area contributed by atoms with Gasteiger partial charge in [0.05, 0.1) is 12.0 Å². The van der Waals surface area contributed by atoms with Gasteiger partial charge in [-0.3, -0.25) is 4.79 Å². The Balaban J connectivity index is 4.99. The zero-order valence-corrected chi connectivity index (χ0v) is 12.7. The van der Waals surface area contributed by atoms with Gasteiger partial charge in [0.15, 0.2) is 0 Å². The molecular formula is C14H30N2O2. The van der Waals surface area contributed by atoms with E-state index < -0.39 is 5.41 Å². The number of ether oxygens (including phenoxy) is 1. The quantitative estimate of drug-likeness (QED) is 0.688. The van der Waals surface area contributed by atoms with Gasteiger partial charge in [-0.1, -0.05) is 20.8 Å². The minimum atomic E-state index is -0.448. The molecule has 0 aromatic rings. The Labute approximate surface area is 112 Å². The molecule has 0 heterocycles. The first-order valence-electron chi connectivity index (χ1n) is 7.00. The summed E-state index contributed by atoms with van der Waals surface area (Å²) < 4.78 is 5.12. The summed E-state index contributed by atoms with van der Waals surface area (Å²) in [5.41, 5.74) is 5.34. The fourth-order valence-corrected chi connectivity index (χ4v) is 2.10. The SMILES string of the molecule is CCC(CC)N(CCOC)C(=O)C(C)(CC)CN. The summed E-state index contributed by atoms with van der Waals surface area (Å²) in [5.74, 6) is 0.165. The van der Waals surface area contributed by atoms with Crippen LogP contribution in [0.4, 0.5) is 0 Å². The number of carbonyl (C=O) groups excluding carboxylic acids is 1. The third-order valence-electron chi connectivity index (χ3n) is 3.93. The molecule has 0 rings (SSSR count). The van der Waals surface area contributed by atoms with Crippen LogP contribution in [0.1, 0.15) is 47.0 Å². The molecule has 0 spiro atoms. The molecule has 1 atom stereocenters. The molecule has 1 unspecified atom stereocenters. The molecular weight excluding hydrogens is 228 g/mol. The van der Waals surface area contributed by atoms with E-state index in [2.05, 4.69) is 13.8 Å². The topological polar surface area (TPSA) is 55.6 Å². The normalized spacial score (nSPS) is 14.6. The van der Waals surface area contributed by atoms with E-state index in [0.717, 1.165) is 19.3 Å². The Morgan fingerprint density at radius 3 is 2.22 bits per heavy atom. The Bertz CT molecular complexity index is 236. The van der Waals surface area contributed by atoms with Crippen molar-refractivity contribution in [3.8, 4) is 0 Å². The molecule has 0 saturated carbocycles. The van der Waals surface area contributed by atoms with Crippen LogP contribution >= 0.6 is 0 Å². The molecule has 2 N–H and O–H groups in total. The second-order valence-corrected chi connectivity index (χ2v) is 5.08. The van der Waals surface area contributed by atoms with Gasteiger partial charge in [-0.05, 0) is 26.2 Å². The predicted molar refractivity (Wildman–Crippen MR) is 75.4 cm³/mol. The van der Waals surface area contributed by atoms with Crippen LogP contribution in [0.15, 0.2) is 0 Å². The summed E-state index contributed by atoms with van der Waals surface area (Å²) in [7, 11) is 1.66. The Morgan fingerprint density at radius 1 is 1.33 bits per heavy atom. The molecule has 0 saturated heterocycles.